The smallest absolute Gasteiger partial charge is 0.243 e. The van der Waals surface area contributed by atoms with Crippen molar-refractivity contribution in [3.8, 4) is 0 Å². The Hall–Kier alpha value is -2.69. The minimum atomic E-state index is -0.414. The van der Waals surface area contributed by atoms with Gasteiger partial charge in [-0.3, -0.25) is 9.79 Å². The molecule has 0 saturated heterocycles. The molecule has 0 aliphatic heterocycles. The summed E-state index contributed by atoms with van der Waals surface area (Å²) in [5, 5.41) is 9.61. The van der Waals surface area contributed by atoms with Gasteiger partial charge in [0.15, 0.2) is 5.96 Å². The van der Waals surface area contributed by atoms with Crippen LogP contribution in [0.5, 0.6) is 0 Å². The summed E-state index contributed by atoms with van der Waals surface area (Å²) in [4.78, 5) is 19.1. The van der Waals surface area contributed by atoms with Crippen LogP contribution < -0.4 is 16.0 Å². The maximum atomic E-state index is 13.2. The van der Waals surface area contributed by atoms with Gasteiger partial charge in [-0.25, -0.2) is 8.78 Å². The van der Waals surface area contributed by atoms with Crippen molar-refractivity contribution in [2.45, 2.75) is 6.42 Å². The van der Waals surface area contributed by atoms with Crippen molar-refractivity contribution >= 4 is 52.4 Å². The summed E-state index contributed by atoms with van der Waals surface area (Å²) < 4.78 is 26.4. The molecule has 0 atom stereocenters. The summed E-state index contributed by atoms with van der Waals surface area (Å²) in [6, 6.07) is 10.3. The van der Waals surface area contributed by atoms with Crippen molar-refractivity contribution in [3.63, 3.8) is 0 Å². The zero-order chi connectivity index (χ0) is 19.9. The van der Waals surface area contributed by atoms with Crippen molar-refractivity contribution in [2.24, 2.45) is 4.99 Å². The van der Waals surface area contributed by atoms with E-state index < -0.39 is 5.82 Å². The molecule has 29 heavy (non-hydrogen) atoms. The molecule has 0 unspecified atom stereocenters. The van der Waals surface area contributed by atoms with E-state index in [-0.39, 0.29) is 42.2 Å². The average molecular weight is 513 g/mol. The van der Waals surface area contributed by atoms with Crippen LogP contribution in [-0.2, 0) is 11.2 Å². The van der Waals surface area contributed by atoms with Crippen molar-refractivity contribution in [2.75, 3.05) is 25.5 Å². The highest BCUT2D eigenvalue weighted by molar-refractivity contribution is 14.0. The first kappa shape index (κ1) is 22.6. The van der Waals surface area contributed by atoms with Gasteiger partial charge in [-0.05, 0) is 48.4 Å². The molecule has 4 N–H and O–H groups in total. The molecule has 1 heterocycles. The predicted molar refractivity (Wildman–Crippen MR) is 122 cm³/mol. The number of guanidine groups is 1. The van der Waals surface area contributed by atoms with Crippen LogP contribution >= 0.6 is 24.0 Å². The molecule has 0 aliphatic carbocycles. The maximum Gasteiger partial charge on any atom is 0.243 e. The second-order valence-electron chi connectivity index (χ2n) is 6.16. The highest BCUT2D eigenvalue weighted by atomic mass is 127. The minimum absolute atomic E-state index is 0. The van der Waals surface area contributed by atoms with Crippen molar-refractivity contribution in [3.05, 3.63) is 65.9 Å². The number of carbonyl (C=O) groups is 1. The summed E-state index contributed by atoms with van der Waals surface area (Å²) in [5.41, 5.74) is 2.21. The Morgan fingerprint density at radius 1 is 1.10 bits per heavy atom. The lowest BCUT2D eigenvalue weighted by Crippen LogP contribution is -2.42. The lowest BCUT2D eigenvalue weighted by Gasteiger charge is -2.12. The standard InChI is InChI=1S/C20H21F2N5O.HI/c1-23-20(26-12-19(28)27-16-4-2-3-14(21)9-16)24-8-7-13-11-25-18-10-15(22)5-6-17(13)18;/h2-6,9-11,25H,7-8,12H2,1H3,(H,27,28)(H2,23,24,26);1H. The van der Waals surface area contributed by atoms with Crippen LogP contribution in [0.4, 0.5) is 14.5 Å². The second-order valence-corrected chi connectivity index (χ2v) is 6.16. The van der Waals surface area contributed by atoms with E-state index >= 15 is 0 Å². The zero-order valence-corrected chi connectivity index (χ0v) is 18.1. The van der Waals surface area contributed by atoms with Gasteiger partial charge in [-0.1, -0.05) is 6.07 Å². The van der Waals surface area contributed by atoms with Gasteiger partial charge in [0.2, 0.25) is 5.91 Å². The van der Waals surface area contributed by atoms with E-state index in [2.05, 4.69) is 25.9 Å². The highest BCUT2D eigenvalue weighted by Gasteiger charge is 2.07. The van der Waals surface area contributed by atoms with Crippen LogP contribution in [-0.4, -0.2) is 37.0 Å². The highest BCUT2D eigenvalue weighted by Crippen LogP contribution is 2.19. The summed E-state index contributed by atoms with van der Waals surface area (Å²) in [6.45, 7) is 0.568. The normalized spacial score (nSPS) is 11.1. The number of fused-ring (bicyclic) bond motifs is 1. The van der Waals surface area contributed by atoms with E-state index in [1.165, 1.54) is 30.3 Å². The molecule has 0 spiro atoms. The molecule has 1 amide bonds. The van der Waals surface area contributed by atoms with Crippen LogP contribution in [0.25, 0.3) is 10.9 Å². The van der Waals surface area contributed by atoms with Gasteiger partial charge in [-0.15, -0.1) is 24.0 Å². The van der Waals surface area contributed by atoms with Gasteiger partial charge in [0.1, 0.15) is 11.6 Å². The molecule has 3 rings (SSSR count). The quantitative estimate of drug-likeness (QED) is 0.232. The summed E-state index contributed by atoms with van der Waals surface area (Å²) in [6.07, 6.45) is 2.55. The molecular weight excluding hydrogens is 491 g/mol. The number of carbonyl (C=O) groups excluding carboxylic acids is 1. The van der Waals surface area contributed by atoms with Gasteiger partial charge < -0.3 is 20.9 Å². The Bertz CT molecular complexity index is 1010. The number of aromatic nitrogens is 1. The Morgan fingerprint density at radius 2 is 1.90 bits per heavy atom. The van der Waals surface area contributed by atoms with Crippen molar-refractivity contribution in [1.82, 2.24) is 15.6 Å². The molecule has 0 saturated carbocycles. The van der Waals surface area contributed by atoms with Crippen molar-refractivity contribution in [1.29, 1.82) is 0 Å². The topological polar surface area (TPSA) is 81.3 Å². The van der Waals surface area contributed by atoms with E-state index in [1.807, 2.05) is 6.20 Å². The first-order valence-corrected chi connectivity index (χ1v) is 8.80. The molecule has 0 fully saturated rings. The summed E-state index contributed by atoms with van der Waals surface area (Å²) in [7, 11) is 1.61. The third-order valence-electron chi connectivity index (χ3n) is 4.16. The fraction of sp³-hybridized carbons (Fsp3) is 0.200. The number of H-pyrrole nitrogens is 1. The van der Waals surface area contributed by atoms with E-state index in [1.54, 1.807) is 19.2 Å². The largest absolute Gasteiger partial charge is 0.361 e. The number of aromatic amines is 1. The van der Waals surface area contributed by atoms with Gasteiger partial charge >= 0.3 is 0 Å². The minimum Gasteiger partial charge on any atom is -0.361 e. The second kappa shape index (κ2) is 10.7. The number of hydrogen-bond acceptors (Lipinski definition) is 2. The number of rotatable bonds is 6. The van der Waals surface area contributed by atoms with E-state index in [9.17, 15) is 13.6 Å². The molecule has 1 aromatic heterocycles. The van der Waals surface area contributed by atoms with E-state index in [4.69, 9.17) is 0 Å². The van der Waals surface area contributed by atoms with Gasteiger partial charge in [0, 0.05) is 36.4 Å². The number of amides is 1. The fourth-order valence-electron chi connectivity index (χ4n) is 2.84. The molecule has 0 bridgehead atoms. The number of halogens is 3. The van der Waals surface area contributed by atoms with Gasteiger partial charge in [0.25, 0.3) is 0 Å². The first-order valence-electron chi connectivity index (χ1n) is 8.80. The zero-order valence-electron chi connectivity index (χ0n) is 15.8. The SMILES string of the molecule is CN=C(NCCc1c[nH]c2cc(F)ccc12)NCC(=O)Nc1cccc(F)c1.I. The number of anilines is 1. The van der Waals surface area contributed by atoms with E-state index in [0.29, 0.717) is 24.6 Å². The van der Waals surface area contributed by atoms with Crippen molar-refractivity contribution < 1.29 is 13.6 Å². The Morgan fingerprint density at radius 3 is 2.66 bits per heavy atom. The molecule has 2 aromatic carbocycles. The number of aliphatic imine (C=N–C) groups is 1. The average Bonchev–Trinajstić information content (AvgIpc) is 3.06. The summed E-state index contributed by atoms with van der Waals surface area (Å²) >= 11 is 0. The molecule has 3 aromatic rings. The molecule has 6 nitrogen and oxygen atoms in total. The first-order chi connectivity index (χ1) is 13.5. The molecule has 0 radical (unpaired) electrons. The molecule has 0 aliphatic rings. The Labute approximate surface area is 184 Å². The Kier molecular flexibility index (Phi) is 8.37. The lowest BCUT2D eigenvalue weighted by molar-refractivity contribution is -0.115. The van der Waals surface area contributed by atoms with Gasteiger partial charge in [-0.2, -0.15) is 0 Å². The van der Waals surface area contributed by atoms with Crippen LogP contribution in [0.2, 0.25) is 0 Å². The number of hydrogen-bond donors (Lipinski definition) is 4. The predicted octanol–water partition coefficient (Wildman–Crippen LogP) is 3.41. The van der Waals surface area contributed by atoms with Crippen LogP contribution in [0.3, 0.4) is 0 Å². The molecular formula is C20H22F2IN5O. The summed E-state index contributed by atoms with van der Waals surface area (Å²) in [5.74, 6) is -0.532. The fourth-order valence-corrected chi connectivity index (χ4v) is 2.84. The van der Waals surface area contributed by atoms with E-state index in [0.717, 1.165) is 16.5 Å². The van der Waals surface area contributed by atoms with Crippen LogP contribution in [0, 0.1) is 11.6 Å². The maximum absolute atomic E-state index is 13.2. The van der Waals surface area contributed by atoms with Gasteiger partial charge in [0.05, 0.1) is 6.54 Å². The van der Waals surface area contributed by atoms with Crippen LogP contribution in [0.15, 0.2) is 53.7 Å². The Balaban J connectivity index is 0.00000300. The lowest BCUT2D eigenvalue weighted by atomic mass is 10.1. The third-order valence-corrected chi connectivity index (χ3v) is 4.16. The molecule has 154 valence electrons. The molecule has 9 heteroatoms. The van der Waals surface area contributed by atoms with Crippen LogP contribution in [0.1, 0.15) is 5.56 Å². The number of nitrogens with zero attached hydrogens (tertiary/aromatic N) is 1. The third kappa shape index (κ3) is 6.41. The number of benzene rings is 2. The monoisotopic (exact) mass is 513 g/mol. The number of nitrogens with one attached hydrogen (secondary N) is 4.